The van der Waals surface area contributed by atoms with E-state index in [9.17, 15) is 9.59 Å². The fourth-order valence-corrected chi connectivity index (χ4v) is 2.57. The molecule has 1 saturated heterocycles. The summed E-state index contributed by atoms with van der Waals surface area (Å²) in [6, 6.07) is 3.03. The molecule has 21 heavy (non-hydrogen) atoms. The number of carbonyl (C=O) groups excluding carboxylic acids is 2. The Hall–Kier alpha value is -1.75. The summed E-state index contributed by atoms with van der Waals surface area (Å²) in [5.41, 5.74) is 0.269. The minimum Gasteiger partial charge on any atom is -0.493 e. The van der Waals surface area contributed by atoms with Crippen LogP contribution in [0.15, 0.2) is 12.1 Å². The summed E-state index contributed by atoms with van der Waals surface area (Å²) in [7, 11) is 1.46. The van der Waals surface area contributed by atoms with Crippen molar-refractivity contribution in [2.24, 2.45) is 0 Å². The van der Waals surface area contributed by atoms with Gasteiger partial charge in [-0.2, -0.15) is 0 Å². The van der Waals surface area contributed by atoms with Gasteiger partial charge in [-0.3, -0.25) is 9.59 Å². The van der Waals surface area contributed by atoms with Gasteiger partial charge in [-0.15, -0.1) is 0 Å². The van der Waals surface area contributed by atoms with Crippen molar-refractivity contribution in [3.8, 4) is 11.5 Å². The number of piperidine rings is 1. The van der Waals surface area contributed by atoms with Crippen molar-refractivity contribution >= 4 is 23.8 Å². The van der Waals surface area contributed by atoms with Crippen LogP contribution in [0.1, 0.15) is 29.6 Å². The van der Waals surface area contributed by atoms with E-state index in [1.807, 2.05) is 0 Å². The largest absolute Gasteiger partial charge is 0.493 e. The van der Waals surface area contributed by atoms with E-state index in [-0.39, 0.29) is 23.8 Å². The van der Waals surface area contributed by atoms with Crippen molar-refractivity contribution in [3.05, 3.63) is 22.7 Å². The number of nitrogens with zero attached hydrogens (tertiary/aromatic N) is 1. The van der Waals surface area contributed by atoms with Crippen LogP contribution in [-0.2, 0) is 4.79 Å². The van der Waals surface area contributed by atoms with Crippen molar-refractivity contribution in [3.63, 3.8) is 0 Å². The number of hydrogen-bond acceptors (Lipinski definition) is 4. The SMILES string of the molecule is COc1cc(Cl)cc(C=O)c1OCC(=O)N1CCCCC1. The standard InChI is InChI=1S/C15H18ClNO4/c1-20-13-8-12(16)7-11(9-18)15(13)21-10-14(19)17-5-3-2-4-6-17/h7-9H,2-6,10H2,1H3. The average Bonchev–Trinajstić information content (AvgIpc) is 2.53. The lowest BCUT2D eigenvalue weighted by molar-refractivity contribution is -0.134. The molecule has 114 valence electrons. The molecule has 0 radical (unpaired) electrons. The van der Waals surface area contributed by atoms with Gasteiger partial charge in [-0.25, -0.2) is 0 Å². The van der Waals surface area contributed by atoms with Crippen LogP contribution in [0.3, 0.4) is 0 Å². The Labute approximate surface area is 128 Å². The Kier molecular flexibility index (Phi) is 5.44. The second kappa shape index (κ2) is 7.31. The highest BCUT2D eigenvalue weighted by atomic mass is 35.5. The molecule has 0 spiro atoms. The van der Waals surface area contributed by atoms with E-state index in [4.69, 9.17) is 21.1 Å². The third kappa shape index (κ3) is 3.88. The molecule has 0 unspecified atom stereocenters. The van der Waals surface area contributed by atoms with Crippen molar-refractivity contribution in [1.82, 2.24) is 4.90 Å². The van der Waals surface area contributed by atoms with E-state index < -0.39 is 0 Å². The molecule has 1 aliphatic heterocycles. The van der Waals surface area contributed by atoms with E-state index in [0.29, 0.717) is 17.1 Å². The van der Waals surface area contributed by atoms with E-state index in [2.05, 4.69) is 0 Å². The lowest BCUT2D eigenvalue weighted by Gasteiger charge is -2.26. The Morgan fingerprint density at radius 1 is 1.33 bits per heavy atom. The highest BCUT2D eigenvalue weighted by Gasteiger charge is 2.19. The van der Waals surface area contributed by atoms with Gasteiger partial charge in [0.2, 0.25) is 0 Å². The molecule has 1 heterocycles. The first-order valence-electron chi connectivity index (χ1n) is 6.89. The highest BCUT2D eigenvalue weighted by molar-refractivity contribution is 6.31. The lowest BCUT2D eigenvalue weighted by atomic mass is 10.1. The van der Waals surface area contributed by atoms with Crippen molar-refractivity contribution < 1.29 is 19.1 Å². The first-order valence-corrected chi connectivity index (χ1v) is 7.26. The summed E-state index contributed by atoms with van der Waals surface area (Å²) < 4.78 is 10.7. The van der Waals surface area contributed by atoms with Gasteiger partial charge < -0.3 is 14.4 Å². The third-order valence-corrected chi connectivity index (χ3v) is 3.66. The summed E-state index contributed by atoms with van der Waals surface area (Å²) in [6.07, 6.45) is 3.84. The molecular weight excluding hydrogens is 294 g/mol. The van der Waals surface area contributed by atoms with Crippen molar-refractivity contribution in [2.75, 3.05) is 26.8 Å². The van der Waals surface area contributed by atoms with Crippen LogP contribution < -0.4 is 9.47 Å². The van der Waals surface area contributed by atoms with Crippen molar-refractivity contribution in [1.29, 1.82) is 0 Å². The lowest BCUT2D eigenvalue weighted by Crippen LogP contribution is -2.38. The topological polar surface area (TPSA) is 55.8 Å². The summed E-state index contributed by atoms with van der Waals surface area (Å²) in [5, 5.41) is 0.378. The van der Waals surface area contributed by atoms with Crippen LogP contribution in [0.5, 0.6) is 11.5 Å². The van der Waals surface area contributed by atoms with Gasteiger partial charge in [0.05, 0.1) is 12.7 Å². The van der Waals surface area contributed by atoms with Crippen LogP contribution in [0.2, 0.25) is 5.02 Å². The Bertz CT molecular complexity index is 527. The first kappa shape index (κ1) is 15.6. The summed E-state index contributed by atoms with van der Waals surface area (Å²) in [6.45, 7) is 1.42. The van der Waals surface area contributed by atoms with Gasteiger partial charge >= 0.3 is 0 Å². The van der Waals surface area contributed by atoms with E-state index >= 15 is 0 Å². The molecule has 0 saturated carbocycles. The van der Waals surface area contributed by atoms with E-state index in [0.717, 1.165) is 32.4 Å². The number of amides is 1. The molecule has 1 aliphatic rings. The zero-order chi connectivity index (χ0) is 15.2. The number of carbonyl (C=O) groups is 2. The fraction of sp³-hybridized carbons (Fsp3) is 0.467. The number of benzene rings is 1. The van der Waals surface area contributed by atoms with Crippen molar-refractivity contribution in [2.45, 2.75) is 19.3 Å². The second-order valence-corrected chi connectivity index (χ2v) is 5.31. The molecule has 1 amide bonds. The Morgan fingerprint density at radius 3 is 2.67 bits per heavy atom. The quantitative estimate of drug-likeness (QED) is 0.784. The number of likely N-dealkylation sites (tertiary alicyclic amines) is 1. The zero-order valence-corrected chi connectivity index (χ0v) is 12.7. The molecule has 0 aliphatic carbocycles. The maximum Gasteiger partial charge on any atom is 0.260 e. The van der Waals surface area contributed by atoms with Crippen LogP contribution >= 0.6 is 11.6 Å². The minimum atomic E-state index is -0.112. The number of halogens is 1. The van der Waals surface area contributed by atoms with Gasteiger partial charge in [0.25, 0.3) is 5.91 Å². The molecule has 0 atom stereocenters. The van der Waals surface area contributed by atoms with Gasteiger partial charge in [0, 0.05) is 24.2 Å². The van der Waals surface area contributed by atoms with E-state index in [1.165, 1.54) is 13.2 Å². The molecule has 1 fully saturated rings. The average molecular weight is 312 g/mol. The van der Waals surface area contributed by atoms with Gasteiger partial charge in [0.1, 0.15) is 0 Å². The second-order valence-electron chi connectivity index (χ2n) is 4.87. The number of rotatable bonds is 5. The molecule has 1 aromatic rings. The highest BCUT2D eigenvalue weighted by Crippen LogP contribution is 2.33. The van der Waals surface area contributed by atoms with Crippen LogP contribution in [0, 0.1) is 0 Å². The number of methoxy groups -OCH3 is 1. The first-order chi connectivity index (χ1) is 10.2. The molecule has 1 aromatic carbocycles. The predicted octanol–water partition coefficient (Wildman–Crippen LogP) is 2.55. The van der Waals surface area contributed by atoms with Gasteiger partial charge in [-0.05, 0) is 25.3 Å². The molecular formula is C15H18ClNO4. The van der Waals surface area contributed by atoms with Crippen LogP contribution in [0.25, 0.3) is 0 Å². The monoisotopic (exact) mass is 311 g/mol. The molecule has 0 aromatic heterocycles. The van der Waals surface area contributed by atoms with Crippen LogP contribution in [-0.4, -0.2) is 43.9 Å². The molecule has 0 N–H and O–H groups in total. The third-order valence-electron chi connectivity index (χ3n) is 3.44. The molecule has 0 bridgehead atoms. The number of aldehydes is 1. The number of ether oxygens (including phenoxy) is 2. The van der Waals surface area contributed by atoms with Gasteiger partial charge in [-0.1, -0.05) is 11.6 Å². The maximum absolute atomic E-state index is 12.1. The molecule has 2 rings (SSSR count). The molecule has 5 nitrogen and oxygen atoms in total. The smallest absolute Gasteiger partial charge is 0.260 e. The normalized spacial score (nSPS) is 14.7. The van der Waals surface area contributed by atoms with Crippen LogP contribution in [0.4, 0.5) is 0 Å². The van der Waals surface area contributed by atoms with Gasteiger partial charge in [0.15, 0.2) is 24.4 Å². The summed E-state index contributed by atoms with van der Waals surface area (Å²) in [4.78, 5) is 25.0. The Morgan fingerprint density at radius 2 is 2.05 bits per heavy atom. The van der Waals surface area contributed by atoms with E-state index in [1.54, 1.807) is 11.0 Å². The summed E-state index contributed by atoms with van der Waals surface area (Å²) in [5.74, 6) is 0.516. The summed E-state index contributed by atoms with van der Waals surface area (Å²) >= 11 is 5.89. The molecule has 6 heteroatoms. The Balaban J connectivity index is 2.08. The maximum atomic E-state index is 12.1. The number of hydrogen-bond donors (Lipinski definition) is 0. The predicted molar refractivity (Wildman–Crippen MR) is 79.3 cm³/mol. The minimum absolute atomic E-state index is 0.0800. The zero-order valence-electron chi connectivity index (χ0n) is 11.9. The fourth-order valence-electron chi connectivity index (χ4n) is 2.35.